The van der Waals surface area contributed by atoms with Gasteiger partial charge in [0.15, 0.2) is 0 Å². The number of aryl methyl sites for hydroxylation is 1. The first-order chi connectivity index (χ1) is 12.7. The van der Waals surface area contributed by atoms with Crippen LogP contribution in [0.5, 0.6) is 0 Å². The first-order valence-electron chi connectivity index (χ1n) is 8.85. The van der Waals surface area contributed by atoms with E-state index >= 15 is 0 Å². The van der Waals surface area contributed by atoms with E-state index in [0.29, 0.717) is 5.69 Å². The topological polar surface area (TPSA) is 52.2 Å². The van der Waals surface area contributed by atoms with Crippen LogP contribution in [0.15, 0.2) is 48.0 Å². The van der Waals surface area contributed by atoms with E-state index in [4.69, 9.17) is 0 Å². The van der Waals surface area contributed by atoms with Crippen molar-refractivity contribution in [1.29, 1.82) is 0 Å². The number of thiazole rings is 1. The molecule has 1 amide bonds. The van der Waals surface area contributed by atoms with Crippen LogP contribution in [0.25, 0.3) is 11.3 Å². The molecule has 6 heteroatoms. The highest BCUT2D eigenvalue weighted by Gasteiger charge is 2.23. The highest BCUT2D eigenvalue weighted by molar-refractivity contribution is 7.09. The molecular weight excluding hydrogens is 344 g/mol. The van der Waals surface area contributed by atoms with Crippen molar-refractivity contribution < 1.29 is 4.79 Å². The van der Waals surface area contributed by atoms with Crippen LogP contribution in [0.2, 0.25) is 0 Å². The van der Waals surface area contributed by atoms with Gasteiger partial charge in [-0.2, -0.15) is 0 Å². The van der Waals surface area contributed by atoms with E-state index < -0.39 is 0 Å². The largest absolute Gasteiger partial charge is 0.357 e. The highest BCUT2D eigenvalue weighted by atomic mass is 32.1. The van der Waals surface area contributed by atoms with Crippen LogP contribution in [0, 0.1) is 6.92 Å². The number of hydrogen-bond acceptors (Lipinski definition) is 4. The molecule has 0 bridgehead atoms. The standard InChI is InChI=1S/C20H22N4OS/c1-15-22-19(14-26-15)17-11-18(21-12-17)20(25)24-9-7-23(8-10-24)13-16-5-3-2-4-6-16/h2-6,11-12,14,21H,7-10,13H2,1H3. The lowest BCUT2D eigenvalue weighted by Gasteiger charge is -2.34. The Balaban J connectivity index is 1.36. The summed E-state index contributed by atoms with van der Waals surface area (Å²) >= 11 is 1.62. The number of aromatic nitrogens is 2. The van der Waals surface area contributed by atoms with Crippen molar-refractivity contribution in [3.05, 3.63) is 64.2 Å². The van der Waals surface area contributed by atoms with E-state index in [2.05, 4.69) is 39.1 Å². The molecule has 0 atom stereocenters. The zero-order valence-electron chi connectivity index (χ0n) is 14.8. The minimum absolute atomic E-state index is 0.0718. The monoisotopic (exact) mass is 366 g/mol. The average molecular weight is 366 g/mol. The van der Waals surface area contributed by atoms with Crippen LogP contribution in [0.1, 0.15) is 21.1 Å². The Morgan fingerprint density at radius 1 is 1.19 bits per heavy atom. The summed E-state index contributed by atoms with van der Waals surface area (Å²) in [7, 11) is 0. The first-order valence-corrected chi connectivity index (χ1v) is 9.73. The summed E-state index contributed by atoms with van der Waals surface area (Å²) in [6.07, 6.45) is 1.87. The van der Waals surface area contributed by atoms with Crippen molar-refractivity contribution in [1.82, 2.24) is 19.8 Å². The molecule has 0 aliphatic carbocycles. The lowest BCUT2D eigenvalue weighted by molar-refractivity contribution is 0.0623. The lowest BCUT2D eigenvalue weighted by Crippen LogP contribution is -2.48. The molecule has 4 rings (SSSR count). The highest BCUT2D eigenvalue weighted by Crippen LogP contribution is 2.23. The Labute approximate surface area is 157 Å². The second kappa shape index (κ2) is 7.43. The van der Waals surface area contributed by atoms with Gasteiger partial charge in [0.25, 0.3) is 5.91 Å². The summed E-state index contributed by atoms with van der Waals surface area (Å²) in [5.41, 5.74) is 3.86. The third-order valence-electron chi connectivity index (χ3n) is 4.74. The Morgan fingerprint density at radius 2 is 1.96 bits per heavy atom. The van der Waals surface area contributed by atoms with E-state index in [-0.39, 0.29) is 5.91 Å². The maximum absolute atomic E-state index is 12.8. The molecular formula is C20H22N4OS. The number of hydrogen-bond donors (Lipinski definition) is 1. The Bertz CT molecular complexity index is 878. The number of piperazine rings is 1. The van der Waals surface area contributed by atoms with Crippen molar-refractivity contribution in [3.8, 4) is 11.3 Å². The fourth-order valence-electron chi connectivity index (χ4n) is 3.28. The fraction of sp³-hybridized carbons (Fsp3) is 0.300. The number of H-pyrrole nitrogens is 1. The molecule has 2 aromatic heterocycles. The summed E-state index contributed by atoms with van der Waals surface area (Å²) in [6, 6.07) is 12.4. The summed E-state index contributed by atoms with van der Waals surface area (Å²) in [5.74, 6) is 0.0718. The molecule has 1 aliphatic rings. The van der Waals surface area contributed by atoms with Crippen LogP contribution in [-0.2, 0) is 6.54 Å². The predicted octanol–water partition coefficient (Wildman–Crippen LogP) is 3.40. The van der Waals surface area contributed by atoms with E-state index in [1.807, 2.05) is 35.5 Å². The molecule has 1 N–H and O–H groups in total. The molecule has 1 aromatic carbocycles. The molecule has 3 heterocycles. The molecule has 0 spiro atoms. The van der Waals surface area contributed by atoms with Crippen molar-refractivity contribution in [2.45, 2.75) is 13.5 Å². The Kier molecular flexibility index (Phi) is 4.86. The zero-order valence-corrected chi connectivity index (χ0v) is 15.6. The van der Waals surface area contributed by atoms with Gasteiger partial charge >= 0.3 is 0 Å². The molecule has 134 valence electrons. The van der Waals surface area contributed by atoms with Gasteiger partial charge in [-0.1, -0.05) is 30.3 Å². The molecule has 3 aromatic rings. The predicted molar refractivity (Wildman–Crippen MR) is 104 cm³/mol. The summed E-state index contributed by atoms with van der Waals surface area (Å²) in [4.78, 5) is 24.7. The van der Waals surface area contributed by atoms with E-state index in [0.717, 1.165) is 49.0 Å². The van der Waals surface area contributed by atoms with Crippen molar-refractivity contribution in [2.75, 3.05) is 26.2 Å². The molecule has 1 fully saturated rings. The summed E-state index contributed by atoms with van der Waals surface area (Å²) in [5, 5.41) is 3.05. The van der Waals surface area contributed by atoms with E-state index in [1.165, 1.54) is 5.56 Å². The Hall–Kier alpha value is -2.44. The second-order valence-corrected chi connectivity index (χ2v) is 7.67. The van der Waals surface area contributed by atoms with Crippen LogP contribution in [0.3, 0.4) is 0 Å². The maximum Gasteiger partial charge on any atom is 0.270 e. The van der Waals surface area contributed by atoms with Gasteiger partial charge in [0, 0.05) is 49.9 Å². The number of benzene rings is 1. The van der Waals surface area contributed by atoms with Crippen LogP contribution in [-0.4, -0.2) is 51.9 Å². The van der Waals surface area contributed by atoms with Crippen LogP contribution in [0.4, 0.5) is 0 Å². The number of carbonyl (C=O) groups excluding carboxylic acids is 1. The fourth-order valence-corrected chi connectivity index (χ4v) is 3.90. The van der Waals surface area contributed by atoms with Crippen LogP contribution < -0.4 is 0 Å². The smallest absolute Gasteiger partial charge is 0.270 e. The minimum Gasteiger partial charge on any atom is -0.357 e. The third-order valence-corrected chi connectivity index (χ3v) is 5.51. The van der Waals surface area contributed by atoms with Gasteiger partial charge in [0.05, 0.1) is 10.7 Å². The van der Waals surface area contributed by atoms with Gasteiger partial charge in [0.1, 0.15) is 5.69 Å². The molecule has 5 nitrogen and oxygen atoms in total. The van der Waals surface area contributed by atoms with Crippen LogP contribution >= 0.6 is 11.3 Å². The first kappa shape index (κ1) is 17.0. The molecule has 1 saturated heterocycles. The van der Waals surface area contributed by atoms with Gasteiger partial charge in [-0.05, 0) is 18.6 Å². The second-order valence-electron chi connectivity index (χ2n) is 6.61. The molecule has 1 aliphatic heterocycles. The summed E-state index contributed by atoms with van der Waals surface area (Å²) < 4.78 is 0. The van der Waals surface area contributed by atoms with Crippen molar-refractivity contribution in [3.63, 3.8) is 0 Å². The van der Waals surface area contributed by atoms with Gasteiger partial charge < -0.3 is 9.88 Å². The molecule has 0 radical (unpaired) electrons. The third kappa shape index (κ3) is 3.71. The summed E-state index contributed by atoms with van der Waals surface area (Å²) in [6.45, 7) is 6.26. The molecule has 26 heavy (non-hydrogen) atoms. The number of carbonyl (C=O) groups is 1. The average Bonchev–Trinajstić information content (AvgIpc) is 3.32. The van der Waals surface area contributed by atoms with Gasteiger partial charge in [0.2, 0.25) is 0 Å². The van der Waals surface area contributed by atoms with Crippen molar-refractivity contribution in [2.24, 2.45) is 0 Å². The van der Waals surface area contributed by atoms with Gasteiger partial charge in [-0.15, -0.1) is 11.3 Å². The quantitative estimate of drug-likeness (QED) is 0.770. The number of aromatic amines is 1. The number of rotatable bonds is 4. The molecule has 0 saturated carbocycles. The molecule has 0 unspecified atom stereocenters. The zero-order chi connectivity index (χ0) is 17.9. The maximum atomic E-state index is 12.8. The van der Waals surface area contributed by atoms with Gasteiger partial charge in [-0.3, -0.25) is 9.69 Å². The number of nitrogens with zero attached hydrogens (tertiary/aromatic N) is 3. The van der Waals surface area contributed by atoms with Gasteiger partial charge in [-0.25, -0.2) is 4.98 Å². The Morgan fingerprint density at radius 3 is 2.65 bits per heavy atom. The van der Waals surface area contributed by atoms with Crippen molar-refractivity contribution >= 4 is 17.2 Å². The minimum atomic E-state index is 0.0718. The van der Waals surface area contributed by atoms with E-state index in [9.17, 15) is 4.79 Å². The number of nitrogens with one attached hydrogen (secondary N) is 1. The van der Waals surface area contributed by atoms with E-state index in [1.54, 1.807) is 11.3 Å². The SMILES string of the molecule is Cc1nc(-c2c[nH]c(C(=O)N3CCN(Cc4ccccc4)CC3)c2)cs1. The number of amides is 1. The normalized spacial score (nSPS) is 15.3. The lowest BCUT2D eigenvalue weighted by atomic mass is 10.2.